The summed E-state index contributed by atoms with van der Waals surface area (Å²) < 4.78 is 0. The van der Waals surface area contributed by atoms with E-state index in [4.69, 9.17) is 0 Å². The van der Waals surface area contributed by atoms with Crippen LogP contribution in [-0.2, 0) is 4.79 Å². The summed E-state index contributed by atoms with van der Waals surface area (Å²) in [5.74, 6) is 0.404. The minimum absolute atomic E-state index is 0.0105. The molecule has 2 atom stereocenters. The molecule has 1 aliphatic carbocycles. The van der Waals surface area contributed by atoms with Gasteiger partial charge in [0.25, 0.3) is 0 Å². The fourth-order valence-corrected chi connectivity index (χ4v) is 2.81. The third-order valence-electron chi connectivity index (χ3n) is 4.21. The number of benzene rings is 2. The molecular weight excluding hydrogens is 288 g/mol. The molecule has 0 saturated heterocycles. The second-order valence-electron chi connectivity index (χ2n) is 5.76. The highest BCUT2D eigenvalue weighted by molar-refractivity contribution is 6.03. The summed E-state index contributed by atoms with van der Waals surface area (Å²) in [4.78, 5) is 12.2. The average molecular weight is 308 g/mol. The van der Waals surface area contributed by atoms with Crippen molar-refractivity contribution in [3.63, 3.8) is 0 Å². The molecule has 0 spiro atoms. The highest BCUT2D eigenvalue weighted by Crippen LogP contribution is 2.47. The topological polar surface area (TPSA) is 61.7 Å². The van der Waals surface area contributed by atoms with Crippen LogP contribution in [0.2, 0.25) is 0 Å². The van der Waals surface area contributed by atoms with Crippen LogP contribution in [-0.4, -0.2) is 16.7 Å². The lowest BCUT2D eigenvalue weighted by Gasteiger charge is -2.07. The molecule has 4 nitrogen and oxygen atoms in total. The molecule has 2 aromatic carbocycles. The number of para-hydroxylation sites is 1. The number of hydrazone groups is 1. The molecule has 2 N–H and O–H groups in total. The molecule has 1 aliphatic rings. The maximum absolute atomic E-state index is 12.2. The summed E-state index contributed by atoms with van der Waals surface area (Å²) in [5.41, 5.74) is 5.19. The predicted molar refractivity (Wildman–Crippen MR) is 90.4 cm³/mol. The Hall–Kier alpha value is -2.62. The first-order valence-corrected chi connectivity index (χ1v) is 7.90. The number of rotatable bonds is 5. The van der Waals surface area contributed by atoms with E-state index in [0.29, 0.717) is 23.6 Å². The number of nitrogens with one attached hydrogen (secondary N) is 1. The van der Waals surface area contributed by atoms with Gasteiger partial charge in [-0.25, -0.2) is 5.43 Å². The van der Waals surface area contributed by atoms with Gasteiger partial charge < -0.3 is 5.11 Å². The minimum atomic E-state index is -0.0553. The number of amides is 1. The van der Waals surface area contributed by atoms with E-state index in [9.17, 15) is 9.90 Å². The standard InChI is InChI=1S/C19H20N2O2/c1-2-17(14-10-6-7-11-18(14)22)20-21-19(23)16-12-15(16)13-8-4-3-5-9-13/h3-11,15-16,22H,2,12H2,1H3,(H,21,23)/b20-17+/t15-,16-/m0/s1. The maximum Gasteiger partial charge on any atom is 0.243 e. The second kappa shape index (κ2) is 6.65. The SMILES string of the molecule is CC/C(=N\NC(=O)[C@H]1C[C@H]1c1ccccc1)c1ccccc1O. The Labute approximate surface area is 135 Å². The van der Waals surface area contributed by atoms with Gasteiger partial charge in [-0.2, -0.15) is 5.10 Å². The van der Waals surface area contributed by atoms with Crippen LogP contribution >= 0.6 is 0 Å². The molecule has 1 saturated carbocycles. The molecule has 0 aromatic heterocycles. The number of nitrogens with zero attached hydrogens (tertiary/aromatic N) is 1. The number of phenols is 1. The van der Waals surface area contributed by atoms with Crippen LogP contribution < -0.4 is 5.43 Å². The zero-order valence-corrected chi connectivity index (χ0v) is 13.1. The van der Waals surface area contributed by atoms with E-state index in [1.807, 2.05) is 31.2 Å². The van der Waals surface area contributed by atoms with E-state index in [1.54, 1.807) is 18.2 Å². The van der Waals surface area contributed by atoms with Crippen LogP contribution in [0.4, 0.5) is 0 Å². The quantitative estimate of drug-likeness (QED) is 0.656. The third kappa shape index (κ3) is 3.42. The first-order chi connectivity index (χ1) is 11.2. The van der Waals surface area contributed by atoms with Crippen molar-refractivity contribution in [2.45, 2.75) is 25.7 Å². The lowest BCUT2D eigenvalue weighted by atomic mass is 10.1. The smallest absolute Gasteiger partial charge is 0.243 e. The van der Waals surface area contributed by atoms with Crippen LogP contribution in [0.5, 0.6) is 5.75 Å². The van der Waals surface area contributed by atoms with Crippen LogP contribution in [0, 0.1) is 5.92 Å². The predicted octanol–water partition coefficient (Wildman–Crippen LogP) is 3.43. The fraction of sp³-hybridized carbons (Fsp3) is 0.263. The van der Waals surface area contributed by atoms with Gasteiger partial charge in [0.1, 0.15) is 5.75 Å². The molecule has 0 bridgehead atoms. The van der Waals surface area contributed by atoms with Gasteiger partial charge in [0.2, 0.25) is 5.91 Å². The molecule has 0 radical (unpaired) electrons. The van der Waals surface area contributed by atoms with Gasteiger partial charge in [-0.3, -0.25) is 4.79 Å². The molecule has 0 heterocycles. The zero-order chi connectivity index (χ0) is 16.2. The zero-order valence-electron chi connectivity index (χ0n) is 13.1. The van der Waals surface area contributed by atoms with E-state index >= 15 is 0 Å². The minimum Gasteiger partial charge on any atom is -0.507 e. The van der Waals surface area contributed by atoms with Crippen molar-refractivity contribution in [2.75, 3.05) is 0 Å². The molecule has 0 unspecified atom stereocenters. The van der Waals surface area contributed by atoms with Gasteiger partial charge in [0, 0.05) is 11.5 Å². The number of hydrogen-bond donors (Lipinski definition) is 2. The molecule has 4 heteroatoms. The number of carbonyl (C=O) groups excluding carboxylic acids is 1. The maximum atomic E-state index is 12.2. The normalized spacial score (nSPS) is 20.1. The van der Waals surface area contributed by atoms with E-state index in [0.717, 1.165) is 6.42 Å². The van der Waals surface area contributed by atoms with Crippen molar-refractivity contribution in [3.8, 4) is 5.75 Å². The van der Waals surface area contributed by atoms with E-state index in [2.05, 4.69) is 22.7 Å². The van der Waals surface area contributed by atoms with Gasteiger partial charge >= 0.3 is 0 Å². The Balaban J connectivity index is 1.65. The summed E-state index contributed by atoms with van der Waals surface area (Å²) >= 11 is 0. The monoisotopic (exact) mass is 308 g/mol. The number of hydrogen-bond acceptors (Lipinski definition) is 3. The number of phenolic OH excluding ortho intramolecular Hbond substituents is 1. The molecule has 0 aliphatic heterocycles. The van der Waals surface area contributed by atoms with Gasteiger partial charge in [-0.1, -0.05) is 49.4 Å². The average Bonchev–Trinajstić information content (AvgIpc) is 3.38. The van der Waals surface area contributed by atoms with Gasteiger partial charge in [0.05, 0.1) is 5.71 Å². The molecule has 3 rings (SSSR count). The van der Waals surface area contributed by atoms with E-state index in [-0.39, 0.29) is 17.6 Å². The summed E-state index contributed by atoms with van der Waals surface area (Å²) in [5, 5.41) is 14.1. The van der Waals surface area contributed by atoms with Crippen LogP contribution in [0.3, 0.4) is 0 Å². The Morgan fingerprint density at radius 1 is 1.17 bits per heavy atom. The molecule has 2 aromatic rings. The molecular formula is C19H20N2O2. The van der Waals surface area contributed by atoms with Crippen LogP contribution in [0.1, 0.15) is 36.8 Å². The van der Waals surface area contributed by atoms with Crippen molar-refractivity contribution < 1.29 is 9.90 Å². The Bertz CT molecular complexity index is 725. The van der Waals surface area contributed by atoms with Crippen molar-refractivity contribution in [1.29, 1.82) is 0 Å². The van der Waals surface area contributed by atoms with Crippen molar-refractivity contribution >= 4 is 11.6 Å². The van der Waals surface area contributed by atoms with Crippen LogP contribution in [0.15, 0.2) is 59.7 Å². The Morgan fingerprint density at radius 2 is 1.87 bits per heavy atom. The molecule has 23 heavy (non-hydrogen) atoms. The molecule has 118 valence electrons. The first kappa shape index (κ1) is 15.3. The highest BCUT2D eigenvalue weighted by Gasteiger charge is 2.43. The van der Waals surface area contributed by atoms with E-state index in [1.165, 1.54) is 5.56 Å². The number of aromatic hydroxyl groups is 1. The molecule has 1 amide bonds. The largest absolute Gasteiger partial charge is 0.507 e. The first-order valence-electron chi connectivity index (χ1n) is 7.90. The molecule has 1 fully saturated rings. The van der Waals surface area contributed by atoms with Crippen molar-refractivity contribution in [2.24, 2.45) is 11.0 Å². The van der Waals surface area contributed by atoms with Crippen LogP contribution in [0.25, 0.3) is 0 Å². The van der Waals surface area contributed by atoms with Crippen molar-refractivity contribution in [3.05, 3.63) is 65.7 Å². The lowest BCUT2D eigenvalue weighted by Crippen LogP contribution is -2.22. The van der Waals surface area contributed by atoms with Crippen molar-refractivity contribution in [1.82, 2.24) is 5.43 Å². The summed E-state index contributed by atoms with van der Waals surface area (Å²) in [6, 6.07) is 17.1. The highest BCUT2D eigenvalue weighted by atomic mass is 16.3. The van der Waals surface area contributed by atoms with Gasteiger partial charge in [0.15, 0.2) is 0 Å². The Kier molecular flexibility index (Phi) is 4.42. The Morgan fingerprint density at radius 3 is 2.57 bits per heavy atom. The summed E-state index contributed by atoms with van der Waals surface area (Å²) in [7, 11) is 0. The fourth-order valence-electron chi connectivity index (χ4n) is 2.81. The lowest BCUT2D eigenvalue weighted by molar-refractivity contribution is -0.122. The number of carbonyl (C=O) groups is 1. The second-order valence-corrected chi connectivity index (χ2v) is 5.76. The van der Waals surface area contributed by atoms with E-state index < -0.39 is 0 Å². The summed E-state index contributed by atoms with van der Waals surface area (Å²) in [6.45, 7) is 1.95. The van der Waals surface area contributed by atoms with Gasteiger partial charge in [-0.05, 0) is 36.5 Å². The summed E-state index contributed by atoms with van der Waals surface area (Å²) in [6.07, 6.45) is 1.49. The van der Waals surface area contributed by atoms with Gasteiger partial charge in [-0.15, -0.1) is 0 Å². The third-order valence-corrected chi connectivity index (χ3v) is 4.21.